The van der Waals surface area contributed by atoms with Gasteiger partial charge in [-0.05, 0) is 12.3 Å². The van der Waals surface area contributed by atoms with Crippen LogP contribution < -0.4 is 10.2 Å². The molecule has 2 aromatic heterocycles. The van der Waals surface area contributed by atoms with Crippen molar-refractivity contribution < 1.29 is 9.59 Å². The zero-order chi connectivity index (χ0) is 17.1. The molecule has 0 atom stereocenters. The molecule has 3 heterocycles. The summed E-state index contributed by atoms with van der Waals surface area (Å²) in [6.45, 7) is 4.94. The summed E-state index contributed by atoms with van der Waals surface area (Å²) in [5, 5.41) is 14.8. The van der Waals surface area contributed by atoms with Crippen LogP contribution in [0.5, 0.6) is 0 Å². The topological polar surface area (TPSA) is 88.1 Å². The van der Waals surface area contributed by atoms with E-state index in [9.17, 15) is 9.59 Å². The van der Waals surface area contributed by atoms with Crippen molar-refractivity contribution in [3.8, 4) is 0 Å². The number of nitrogens with one attached hydrogen (secondary N) is 1. The molecule has 3 rings (SSSR count). The van der Waals surface area contributed by atoms with Gasteiger partial charge >= 0.3 is 0 Å². The third kappa shape index (κ3) is 4.15. The van der Waals surface area contributed by atoms with E-state index >= 15 is 0 Å². The Balaban J connectivity index is 1.56. The van der Waals surface area contributed by atoms with Crippen LogP contribution in [0, 0.1) is 5.92 Å². The molecule has 128 valence electrons. The molecular formula is C15H19N5O2S2. The van der Waals surface area contributed by atoms with E-state index in [1.807, 2.05) is 5.38 Å². The number of amides is 2. The fourth-order valence-electron chi connectivity index (χ4n) is 2.42. The molecular weight excluding hydrogens is 346 g/mol. The average molecular weight is 365 g/mol. The van der Waals surface area contributed by atoms with Crippen molar-refractivity contribution in [2.75, 3.05) is 16.8 Å². The Hall–Kier alpha value is -1.87. The highest BCUT2D eigenvalue weighted by atomic mass is 32.1. The maximum Gasteiger partial charge on any atom is 0.232 e. The van der Waals surface area contributed by atoms with Crippen molar-refractivity contribution in [2.24, 2.45) is 5.92 Å². The van der Waals surface area contributed by atoms with E-state index in [1.54, 1.807) is 4.90 Å². The molecule has 1 saturated heterocycles. The molecule has 0 radical (unpaired) electrons. The van der Waals surface area contributed by atoms with Crippen LogP contribution in [0.4, 0.5) is 10.3 Å². The minimum absolute atomic E-state index is 0.104. The quantitative estimate of drug-likeness (QED) is 0.850. The third-order valence-electron chi connectivity index (χ3n) is 3.48. The van der Waals surface area contributed by atoms with E-state index in [-0.39, 0.29) is 18.2 Å². The van der Waals surface area contributed by atoms with Gasteiger partial charge in [0.2, 0.25) is 16.9 Å². The number of carbonyl (C=O) groups excluding carboxylic acids is 2. The lowest BCUT2D eigenvalue weighted by Crippen LogP contribution is -2.23. The molecule has 0 aromatic carbocycles. The molecule has 24 heavy (non-hydrogen) atoms. The number of aromatic nitrogens is 3. The first-order valence-electron chi connectivity index (χ1n) is 7.88. The predicted molar refractivity (Wildman–Crippen MR) is 94.5 cm³/mol. The lowest BCUT2D eigenvalue weighted by atomic mass is 10.1. The van der Waals surface area contributed by atoms with Crippen LogP contribution >= 0.6 is 22.7 Å². The van der Waals surface area contributed by atoms with Gasteiger partial charge in [0.1, 0.15) is 5.01 Å². The van der Waals surface area contributed by atoms with Crippen molar-refractivity contribution in [3.05, 3.63) is 16.1 Å². The Morgan fingerprint density at radius 3 is 2.96 bits per heavy atom. The Morgan fingerprint density at radius 1 is 1.42 bits per heavy atom. The molecule has 1 aliphatic heterocycles. The average Bonchev–Trinajstić information content (AvgIpc) is 3.20. The van der Waals surface area contributed by atoms with E-state index < -0.39 is 0 Å². The smallest absolute Gasteiger partial charge is 0.232 e. The van der Waals surface area contributed by atoms with Gasteiger partial charge in [-0.1, -0.05) is 25.2 Å². The van der Waals surface area contributed by atoms with Crippen LogP contribution in [0.2, 0.25) is 0 Å². The van der Waals surface area contributed by atoms with Crippen LogP contribution in [0.25, 0.3) is 0 Å². The molecule has 0 saturated carbocycles. The maximum atomic E-state index is 12.1. The molecule has 7 nitrogen and oxygen atoms in total. The molecule has 9 heteroatoms. The van der Waals surface area contributed by atoms with Gasteiger partial charge in [0.05, 0.1) is 12.1 Å². The normalized spacial score (nSPS) is 14.6. The Bertz CT molecular complexity index is 740. The minimum atomic E-state index is -0.174. The zero-order valence-corrected chi connectivity index (χ0v) is 15.2. The monoisotopic (exact) mass is 365 g/mol. The summed E-state index contributed by atoms with van der Waals surface area (Å²) in [6.07, 6.45) is 2.46. The van der Waals surface area contributed by atoms with Crippen molar-refractivity contribution in [3.63, 3.8) is 0 Å². The Morgan fingerprint density at radius 2 is 2.25 bits per heavy atom. The first-order chi connectivity index (χ1) is 11.5. The van der Waals surface area contributed by atoms with Crippen molar-refractivity contribution >= 4 is 44.8 Å². The van der Waals surface area contributed by atoms with Gasteiger partial charge in [-0.25, -0.2) is 4.98 Å². The Labute approximate surface area is 148 Å². The molecule has 0 spiro atoms. The van der Waals surface area contributed by atoms with Gasteiger partial charge in [-0.15, -0.1) is 21.5 Å². The second-order valence-corrected chi connectivity index (χ2v) is 7.99. The van der Waals surface area contributed by atoms with Crippen molar-refractivity contribution in [2.45, 2.75) is 39.5 Å². The summed E-state index contributed by atoms with van der Waals surface area (Å²) in [4.78, 5) is 29.9. The van der Waals surface area contributed by atoms with Crippen LogP contribution in [0.3, 0.4) is 0 Å². The Kier molecular flexibility index (Phi) is 5.20. The molecule has 2 aromatic rings. The van der Waals surface area contributed by atoms with Crippen molar-refractivity contribution in [1.82, 2.24) is 15.2 Å². The van der Waals surface area contributed by atoms with Gasteiger partial charge in [0, 0.05) is 24.8 Å². The summed E-state index contributed by atoms with van der Waals surface area (Å²) in [6, 6.07) is 0. The standard InChI is InChI=1S/C15H19N5O2S2/c1-9(2)6-12-18-19-14(24-12)17-11(21)7-10-8-23-15(16-10)20-5-3-4-13(20)22/h8-9H,3-7H2,1-2H3,(H,17,19,21). The molecule has 2 amide bonds. The number of hydrogen-bond acceptors (Lipinski definition) is 7. The van der Waals surface area contributed by atoms with E-state index in [0.717, 1.165) is 17.8 Å². The van der Waals surface area contributed by atoms with Crippen LogP contribution in [-0.2, 0) is 22.4 Å². The van der Waals surface area contributed by atoms with Gasteiger partial charge in [0.25, 0.3) is 0 Å². The summed E-state index contributed by atoms with van der Waals surface area (Å²) in [7, 11) is 0. The fraction of sp³-hybridized carbons (Fsp3) is 0.533. The van der Waals surface area contributed by atoms with Gasteiger partial charge < -0.3 is 5.32 Å². The van der Waals surface area contributed by atoms with Crippen LogP contribution in [-0.4, -0.2) is 33.5 Å². The maximum absolute atomic E-state index is 12.1. The van der Waals surface area contributed by atoms with Crippen LogP contribution in [0.15, 0.2) is 5.38 Å². The largest absolute Gasteiger partial charge is 0.300 e. The number of rotatable bonds is 6. The molecule has 0 bridgehead atoms. The first kappa shape index (κ1) is 17.0. The predicted octanol–water partition coefficient (Wildman–Crippen LogP) is 2.50. The van der Waals surface area contributed by atoms with E-state index in [0.29, 0.717) is 34.8 Å². The van der Waals surface area contributed by atoms with Gasteiger partial charge in [0.15, 0.2) is 5.13 Å². The van der Waals surface area contributed by atoms with E-state index in [2.05, 4.69) is 34.3 Å². The highest BCUT2D eigenvalue weighted by molar-refractivity contribution is 7.15. The first-order valence-corrected chi connectivity index (χ1v) is 9.58. The van der Waals surface area contributed by atoms with E-state index in [4.69, 9.17) is 0 Å². The molecule has 0 aliphatic carbocycles. The highest BCUT2D eigenvalue weighted by Gasteiger charge is 2.24. The lowest BCUT2D eigenvalue weighted by molar-refractivity contribution is -0.117. The summed E-state index contributed by atoms with van der Waals surface area (Å²) in [5.74, 6) is 0.432. The minimum Gasteiger partial charge on any atom is -0.300 e. The van der Waals surface area contributed by atoms with Gasteiger partial charge in [-0.3, -0.25) is 14.5 Å². The number of carbonyl (C=O) groups is 2. The van der Waals surface area contributed by atoms with Crippen molar-refractivity contribution in [1.29, 1.82) is 0 Å². The SMILES string of the molecule is CC(C)Cc1nnc(NC(=O)Cc2csc(N3CCCC3=O)n2)s1. The molecule has 1 N–H and O–H groups in total. The number of hydrogen-bond donors (Lipinski definition) is 1. The van der Waals surface area contributed by atoms with Crippen LogP contribution in [0.1, 0.15) is 37.4 Å². The molecule has 0 unspecified atom stereocenters. The van der Waals surface area contributed by atoms with Gasteiger partial charge in [-0.2, -0.15) is 0 Å². The second kappa shape index (κ2) is 7.35. The fourth-order valence-corrected chi connectivity index (χ4v) is 4.25. The lowest BCUT2D eigenvalue weighted by Gasteiger charge is -2.10. The molecule has 1 fully saturated rings. The highest BCUT2D eigenvalue weighted by Crippen LogP contribution is 2.25. The van der Waals surface area contributed by atoms with E-state index in [1.165, 1.54) is 22.7 Å². The zero-order valence-electron chi connectivity index (χ0n) is 13.6. The summed E-state index contributed by atoms with van der Waals surface area (Å²) >= 11 is 2.80. The molecule has 1 aliphatic rings. The third-order valence-corrected chi connectivity index (χ3v) is 5.26. The number of anilines is 2. The summed E-state index contributed by atoms with van der Waals surface area (Å²) in [5.41, 5.74) is 0.666. The summed E-state index contributed by atoms with van der Waals surface area (Å²) < 4.78 is 0. The second-order valence-electron chi connectivity index (χ2n) is 6.09. The number of nitrogens with zero attached hydrogens (tertiary/aromatic N) is 4. The number of thiazole rings is 1.